The topological polar surface area (TPSA) is 81.0 Å². The van der Waals surface area contributed by atoms with Crippen LogP contribution < -0.4 is 16.0 Å². The van der Waals surface area contributed by atoms with Crippen molar-refractivity contribution in [2.24, 2.45) is 5.73 Å². The smallest absolute Gasteiger partial charge is 0.293 e. The fourth-order valence-electron chi connectivity index (χ4n) is 0.970. The quantitative estimate of drug-likeness (QED) is 0.628. The number of hydrogen-bond acceptors (Lipinski definition) is 4. The predicted octanol–water partition coefficient (Wildman–Crippen LogP) is -0.454. The Bertz CT molecular complexity index is 332. The van der Waals surface area contributed by atoms with E-state index in [0.29, 0.717) is 11.5 Å². The van der Waals surface area contributed by atoms with Crippen molar-refractivity contribution in [3.05, 3.63) is 21.9 Å². The van der Waals surface area contributed by atoms with Crippen LogP contribution in [0, 0.1) is 6.92 Å². The molecule has 0 bridgehead atoms. The van der Waals surface area contributed by atoms with Gasteiger partial charge in [-0.15, -0.1) is 0 Å². The second-order valence-corrected chi connectivity index (χ2v) is 2.34. The normalized spacial score (nSPS) is 9.92. The molecule has 0 atom stereocenters. The van der Waals surface area contributed by atoms with Crippen LogP contribution >= 0.6 is 0 Å². The zero-order valence-corrected chi connectivity index (χ0v) is 7.05. The van der Waals surface area contributed by atoms with Gasteiger partial charge in [-0.2, -0.15) is 0 Å². The summed E-state index contributed by atoms with van der Waals surface area (Å²) in [6.45, 7) is 1.92. The van der Waals surface area contributed by atoms with Crippen LogP contribution in [-0.4, -0.2) is 17.1 Å². The third-order valence-electron chi connectivity index (χ3n) is 1.49. The van der Waals surface area contributed by atoms with Crippen LogP contribution in [0.4, 0.5) is 0 Å². The van der Waals surface area contributed by atoms with Gasteiger partial charge in [0.1, 0.15) is 5.82 Å². The first-order valence-corrected chi connectivity index (χ1v) is 3.53. The summed E-state index contributed by atoms with van der Waals surface area (Å²) in [4.78, 5) is 17.7. The van der Waals surface area contributed by atoms with Crippen LogP contribution in [0.5, 0.6) is 5.75 Å². The number of aromatic amines is 1. The predicted molar refractivity (Wildman–Crippen MR) is 44.0 cm³/mol. The van der Waals surface area contributed by atoms with E-state index in [-0.39, 0.29) is 17.9 Å². The lowest BCUT2D eigenvalue weighted by atomic mass is 10.4. The molecule has 5 heteroatoms. The van der Waals surface area contributed by atoms with Gasteiger partial charge < -0.3 is 15.5 Å². The average molecular weight is 169 g/mol. The Morgan fingerprint density at radius 3 is 2.75 bits per heavy atom. The summed E-state index contributed by atoms with van der Waals surface area (Å²) in [5.74, 6) is 0.713. The number of aromatic nitrogens is 2. The first-order valence-electron chi connectivity index (χ1n) is 3.53. The van der Waals surface area contributed by atoms with Gasteiger partial charge in [0.2, 0.25) is 5.75 Å². The fourth-order valence-corrected chi connectivity index (χ4v) is 0.970. The molecule has 5 nitrogen and oxygen atoms in total. The van der Waals surface area contributed by atoms with Gasteiger partial charge in [0, 0.05) is 0 Å². The number of aryl methyl sites for hydroxylation is 1. The summed E-state index contributed by atoms with van der Waals surface area (Å²) >= 11 is 0. The van der Waals surface area contributed by atoms with E-state index in [9.17, 15) is 4.79 Å². The largest absolute Gasteiger partial charge is 0.490 e. The number of methoxy groups -OCH3 is 1. The third-order valence-corrected chi connectivity index (χ3v) is 1.49. The average Bonchev–Trinajstić information content (AvgIpc) is 2.03. The van der Waals surface area contributed by atoms with Crippen molar-refractivity contribution in [3.8, 4) is 5.75 Å². The van der Waals surface area contributed by atoms with E-state index in [0.717, 1.165) is 0 Å². The fraction of sp³-hybridized carbons (Fsp3) is 0.429. The van der Waals surface area contributed by atoms with Gasteiger partial charge in [0.25, 0.3) is 5.56 Å². The lowest BCUT2D eigenvalue weighted by Crippen LogP contribution is -2.17. The van der Waals surface area contributed by atoms with E-state index in [4.69, 9.17) is 10.5 Å². The number of nitrogens with one attached hydrogen (secondary N) is 1. The minimum Gasteiger partial charge on any atom is -0.490 e. The number of hydrogen-bond donors (Lipinski definition) is 2. The monoisotopic (exact) mass is 169 g/mol. The Morgan fingerprint density at radius 1 is 1.67 bits per heavy atom. The molecule has 1 heterocycles. The van der Waals surface area contributed by atoms with Gasteiger partial charge in [-0.25, -0.2) is 4.98 Å². The first-order chi connectivity index (χ1) is 5.69. The Hall–Kier alpha value is -1.36. The molecule has 0 radical (unpaired) electrons. The Morgan fingerprint density at radius 2 is 2.33 bits per heavy atom. The second-order valence-electron chi connectivity index (χ2n) is 2.34. The number of nitrogens with two attached hydrogens (primary N) is 1. The molecule has 0 saturated heterocycles. The molecule has 0 aliphatic rings. The molecule has 0 spiro atoms. The molecule has 1 aromatic rings. The molecular weight excluding hydrogens is 158 g/mol. The van der Waals surface area contributed by atoms with Gasteiger partial charge in [-0.05, 0) is 6.92 Å². The molecule has 0 amide bonds. The lowest BCUT2D eigenvalue weighted by Gasteiger charge is -2.03. The molecule has 3 N–H and O–H groups in total. The summed E-state index contributed by atoms with van der Waals surface area (Å²) in [7, 11) is 1.43. The van der Waals surface area contributed by atoms with E-state index in [1.54, 1.807) is 6.92 Å². The van der Waals surface area contributed by atoms with Crippen LogP contribution in [0.3, 0.4) is 0 Å². The number of nitrogens with zero attached hydrogens (tertiary/aromatic N) is 1. The SMILES string of the molecule is COc1c(C)nc(CN)[nH]c1=O. The summed E-state index contributed by atoms with van der Waals surface area (Å²) in [6.07, 6.45) is 0. The zero-order valence-electron chi connectivity index (χ0n) is 7.05. The summed E-state index contributed by atoms with van der Waals surface area (Å²) < 4.78 is 4.83. The van der Waals surface area contributed by atoms with Crippen LogP contribution in [0.25, 0.3) is 0 Å². The number of ether oxygens (including phenoxy) is 1. The molecule has 1 aromatic heterocycles. The van der Waals surface area contributed by atoms with Crippen molar-refractivity contribution in [1.82, 2.24) is 9.97 Å². The van der Waals surface area contributed by atoms with E-state index < -0.39 is 0 Å². The van der Waals surface area contributed by atoms with Crippen LogP contribution in [0.1, 0.15) is 11.5 Å². The summed E-state index contributed by atoms with van der Waals surface area (Å²) in [5.41, 5.74) is 5.58. The summed E-state index contributed by atoms with van der Waals surface area (Å²) in [6, 6.07) is 0. The van der Waals surface area contributed by atoms with E-state index in [1.165, 1.54) is 7.11 Å². The Balaban J connectivity index is 3.28. The molecular formula is C7H11N3O2. The Labute approximate surface area is 69.6 Å². The minimum atomic E-state index is -0.287. The van der Waals surface area contributed by atoms with E-state index >= 15 is 0 Å². The maximum atomic E-state index is 11.2. The van der Waals surface area contributed by atoms with Crippen LogP contribution in [0.15, 0.2) is 4.79 Å². The highest BCUT2D eigenvalue weighted by molar-refractivity contribution is 5.23. The molecule has 0 aliphatic heterocycles. The highest BCUT2D eigenvalue weighted by Crippen LogP contribution is 2.06. The molecule has 0 fully saturated rings. The van der Waals surface area contributed by atoms with Crippen molar-refractivity contribution in [2.75, 3.05) is 7.11 Å². The van der Waals surface area contributed by atoms with Crippen molar-refractivity contribution in [1.29, 1.82) is 0 Å². The highest BCUT2D eigenvalue weighted by atomic mass is 16.5. The van der Waals surface area contributed by atoms with Gasteiger partial charge in [0.15, 0.2) is 0 Å². The summed E-state index contributed by atoms with van der Waals surface area (Å²) in [5, 5.41) is 0. The standard InChI is InChI=1S/C7H11N3O2/c1-4-6(12-2)7(11)10-5(3-8)9-4/h3,8H2,1-2H3,(H,9,10,11). The second kappa shape index (κ2) is 3.36. The van der Waals surface area contributed by atoms with Crippen LogP contribution in [-0.2, 0) is 6.54 Å². The zero-order chi connectivity index (χ0) is 9.14. The number of H-pyrrole nitrogens is 1. The highest BCUT2D eigenvalue weighted by Gasteiger charge is 2.05. The maximum absolute atomic E-state index is 11.2. The third kappa shape index (κ3) is 1.45. The van der Waals surface area contributed by atoms with Gasteiger partial charge in [-0.3, -0.25) is 4.79 Å². The molecule has 0 saturated carbocycles. The van der Waals surface area contributed by atoms with E-state index in [1.807, 2.05) is 0 Å². The molecule has 0 aliphatic carbocycles. The lowest BCUT2D eigenvalue weighted by molar-refractivity contribution is 0.401. The van der Waals surface area contributed by atoms with Crippen molar-refractivity contribution >= 4 is 0 Å². The van der Waals surface area contributed by atoms with E-state index in [2.05, 4.69) is 9.97 Å². The van der Waals surface area contributed by atoms with Crippen molar-refractivity contribution in [3.63, 3.8) is 0 Å². The molecule has 12 heavy (non-hydrogen) atoms. The molecule has 0 aromatic carbocycles. The van der Waals surface area contributed by atoms with Crippen LogP contribution in [0.2, 0.25) is 0 Å². The van der Waals surface area contributed by atoms with Crippen molar-refractivity contribution in [2.45, 2.75) is 13.5 Å². The number of rotatable bonds is 2. The van der Waals surface area contributed by atoms with Crippen molar-refractivity contribution < 1.29 is 4.74 Å². The maximum Gasteiger partial charge on any atom is 0.293 e. The molecule has 66 valence electrons. The Kier molecular flexibility index (Phi) is 2.44. The molecule has 1 rings (SSSR count). The van der Waals surface area contributed by atoms with Gasteiger partial charge in [0.05, 0.1) is 19.3 Å². The van der Waals surface area contributed by atoms with Gasteiger partial charge in [-0.1, -0.05) is 0 Å². The van der Waals surface area contributed by atoms with Gasteiger partial charge >= 0.3 is 0 Å². The minimum absolute atomic E-state index is 0.222. The first kappa shape index (κ1) is 8.73. The molecule has 0 unspecified atom stereocenters.